The molecule has 0 N–H and O–H groups in total. The number of rotatable bonds is 2. The van der Waals surface area contributed by atoms with Gasteiger partial charge in [-0.2, -0.15) is 0 Å². The Labute approximate surface area is 111 Å². The monoisotopic (exact) mass is 254 g/mol. The highest BCUT2D eigenvalue weighted by Crippen LogP contribution is 2.28. The fraction of sp³-hybridized carbons (Fsp3) is 1.00. The lowest BCUT2D eigenvalue weighted by Gasteiger charge is -2.42. The first kappa shape index (κ1) is 12.9. The van der Waals surface area contributed by atoms with Crippen molar-refractivity contribution in [2.45, 2.75) is 69.6 Å². The van der Waals surface area contributed by atoms with Crippen LogP contribution in [0.1, 0.15) is 51.4 Å². The summed E-state index contributed by atoms with van der Waals surface area (Å²) < 4.78 is 13.2. The van der Waals surface area contributed by atoms with Crippen molar-refractivity contribution in [1.29, 1.82) is 0 Å². The Kier molecular flexibility index (Phi) is 4.20. The molecule has 18 heavy (non-hydrogen) atoms. The van der Waals surface area contributed by atoms with E-state index in [4.69, 9.17) is 0 Å². The van der Waals surface area contributed by atoms with Gasteiger partial charge in [0.05, 0.1) is 0 Å². The highest BCUT2D eigenvalue weighted by molar-refractivity contribution is 4.87. The summed E-state index contributed by atoms with van der Waals surface area (Å²) in [4.78, 5) is 5.36. The van der Waals surface area contributed by atoms with Crippen molar-refractivity contribution in [3.8, 4) is 0 Å². The summed E-state index contributed by atoms with van der Waals surface area (Å²) in [6, 6.07) is 1.54. The summed E-state index contributed by atoms with van der Waals surface area (Å²) in [7, 11) is 0. The number of alkyl halides is 1. The molecule has 0 aromatic carbocycles. The summed E-state index contributed by atoms with van der Waals surface area (Å²) in [6.45, 7) is 5.17. The number of nitrogens with zero attached hydrogens (tertiary/aromatic N) is 2. The van der Waals surface area contributed by atoms with Crippen LogP contribution in [0.15, 0.2) is 0 Å². The van der Waals surface area contributed by atoms with Gasteiger partial charge >= 0.3 is 0 Å². The zero-order chi connectivity index (χ0) is 12.4. The zero-order valence-corrected chi connectivity index (χ0v) is 11.5. The Hall–Kier alpha value is -0.150. The first-order chi connectivity index (χ1) is 8.83. The molecule has 2 aliphatic heterocycles. The van der Waals surface area contributed by atoms with E-state index in [-0.39, 0.29) is 0 Å². The van der Waals surface area contributed by atoms with Gasteiger partial charge in [0.1, 0.15) is 6.17 Å². The van der Waals surface area contributed by atoms with Crippen molar-refractivity contribution in [1.82, 2.24) is 9.80 Å². The molecule has 0 radical (unpaired) electrons. The lowest BCUT2D eigenvalue weighted by atomic mass is 9.91. The maximum Gasteiger partial charge on any atom is 0.100 e. The third kappa shape index (κ3) is 2.88. The second-order valence-corrected chi connectivity index (χ2v) is 6.42. The molecule has 0 unspecified atom stereocenters. The van der Waals surface area contributed by atoms with Gasteiger partial charge in [0.2, 0.25) is 0 Å². The topological polar surface area (TPSA) is 6.48 Å². The molecule has 0 aromatic heterocycles. The number of likely N-dealkylation sites (tertiary alicyclic amines) is 2. The summed E-state index contributed by atoms with van der Waals surface area (Å²) >= 11 is 0. The average Bonchev–Trinajstić information content (AvgIpc) is 2.94. The van der Waals surface area contributed by atoms with Crippen molar-refractivity contribution >= 4 is 0 Å². The Morgan fingerprint density at radius 2 is 1.11 bits per heavy atom. The molecule has 3 fully saturated rings. The van der Waals surface area contributed by atoms with E-state index in [0.29, 0.717) is 6.04 Å². The van der Waals surface area contributed by atoms with E-state index in [1.54, 1.807) is 0 Å². The molecule has 1 aliphatic carbocycles. The van der Waals surface area contributed by atoms with Crippen molar-refractivity contribution in [3.63, 3.8) is 0 Å². The molecule has 0 aromatic rings. The van der Waals surface area contributed by atoms with Gasteiger partial charge in [-0.1, -0.05) is 0 Å². The van der Waals surface area contributed by atoms with E-state index < -0.39 is 6.17 Å². The van der Waals surface area contributed by atoms with Crippen LogP contribution in [0.4, 0.5) is 4.39 Å². The van der Waals surface area contributed by atoms with Gasteiger partial charge in [0.15, 0.2) is 0 Å². The number of halogens is 1. The Morgan fingerprint density at radius 1 is 0.611 bits per heavy atom. The fourth-order valence-corrected chi connectivity index (χ4v) is 4.12. The van der Waals surface area contributed by atoms with Crippen LogP contribution >= 0.6 is 0 Å². The molecule has 0 spiro atoms. The van der Waals surface area contributed by atoms with E-state index in [2.05, 4.69) is 9.80 Å². The van der Waals surface area contributed by atoms with E-state index in [1.165, 1.54) is 51.9 Å². The highest BCUT2D eigenvalue weighted by atomic mass is 19.1. The molecule has 104 valence electrons. The molecule has 3 rings (SSSR count). The molecule has 0 amide bonds. The molecule has 2 nitrogen and oxygen atoms in total. The first-order valence-electron chi connectivity index (χ1n) is 7.95. The Bertz CT molecular complexity index is 249. The molecule has 1 saturated carbocycles. The standard InChI is InChI=1S/C15H27FN2/c16-13-3-5-14(6-4-13)18-11-7-15(8-12-18)17-9-1-2-10-17/h13-15H,1-12H2. The summed E-state index contributed by atoms with van der Waals surface area (Å²) in [5.41, 5.74) is 0. The maximum absolute atomic E-state index is 13.2. The Morgan fingerprint density at radius 3 is 1.72 bits per heavy atom. The predicted molar refractivity (Wildman–Crippen MR) is 72.6 cm³/mol. The minimum Gasteiger partial charge on any atom is -0.300 e. The fourth-order valence-electron chi connectivity index (χ4n) is 4.12. The van der Waals surface area contributed by atoms with Crippen LogP contribution in [-0.2, 0) is 0 Å². The van der Waals surface area contributed by atoms with E-state index in [9.17, 15) is 4.39 Å². The van der Waals surface area contributed by atoms with Gasteiger partial charge in [-0.25, -0.2) is 4.39 Å². The third-order valence-corrected chi connectivity index (χ3v) is 5.30. The van der Waals surface area contributed by atoms with Crippen molar-refractivity contribution < 1.29 is 4.39 Å². The van der Waals surface area contributed by atoms with Crippen LogP contribution in [-0.4, -0.2) is 54.2 Å². The zero-order valence-electron chi connectivity index (χ0n) is 11.5. The van der Waals surface area contributed by atoms with Crippen LogP contribution in [0.25, 0.3) is 0 Å². The molecular weight excluding hydrogens is 227 g/mol. The minimum atomic E-state index is -0.511. The number of hydrogen-bond donors (Lipinski definition) is 0. The van der Waals surface area contributed by atoms with Crippen LogP contribution in [0, 0.1) is 0 Å². The molecule has 3 aliphatic rings. The smallest absolute Gasteiger partial charge is 0.100 e. The molecule has 2 saturated heterocycles. The van der Waals surface area contributed by atoms with Crippen LogP contribution in [0.3, 0.4) is 0 Å². The Balaban J connectivity index is 1.44. The van der Waals surface area contributed by atoms with Gasteiger partial charge in [-0.15, -0.1) is 0 Å². The highest BCUT2D eigenvalue weighted by Gasteiger charge is 2.31. The van der Waals surface area contributed by atoms with Gasteiger partial charge < -0.3 is 9.80 Å². The SMILES string of the molecule is FC1CCC(N2CCC(N3CCCC3)CC2)CC1. The summed E-state index contributed by atoms with van der Waals surface area (Å²) in [6.07, 6.45) is 8.77. The normalized spacial score (nSPS) is 37.2. The third-order valence-electron chi connectivity index (χ3n) is 5.30. The molecule has 0 bridgehead atoms. The van der Waals surface area contributed by atoms with Crippen LogP contribution in [0.2, 0.25) is 0 Å². The predicted octanol–water partition coefficient (Wildman–Crippen LogP) is 2.83. The van der Waals surface area contributed by atoms with Crippen molar-refractivity contribution in [2.75, 3.05) is 26.2 Å². The molecule has 0 atom stereocenters. The average molecular weight is 254 g/mol. The lowest BCUT2D eigenvalue weighted by molar-refractivity contribution is 0.0670. The summed E-state index contributed by atoms with van der Waals surface area (Å²) in [5.74, 6) is 0. The van der Waals surface area contributed by atoms with Gasteiger partial charge in [-0.3, -0.25) is 0 Å². The van der Waals surface area contributed by atoms with E-state index >= 15 is 0 Å². The second-order valence-electron chi connectivity index (χ2n) is 6.42. The van der Waals surface area contributed by atoms with Gasteiger partial charge in [-0.05, 0) is 77.5 Å². The quantitative estimate of drug-likeness (QED) is 0.747. The van der Waals surface area contributed by atoms with Gasteiger partial charge in [0, 0.05) is 12.1 Å². The molecule has 3 heteroatoms. The first-order valence-corrected chi connectivity index (χ1v) is 7.95. The molecular formula is C15H27FN2. The van der Waals surface area contributed by atoms with Crippen LogP contribution in [0.5, 0.6) is 0 Å². The van der Waals surface area contributed by atoms with E-state index in [1.807, 2.05) is 0 Å². The van der Waals surface area contributed by atoms with Gasteiger partial charge in [0.25, 0.3) is 0 Å². The van der Waals surface area contributed by atoms with Crippen molar-refractivity contribution in [2.24, 2.45) is 0 Å². The van der Waals surface area contributed by atoms with E-state index in [0.717, 1.165) is 31.7 Å². The van der Waals surface area contributed by atoms with Crippen molar-refractivity contribution in [3.05, 3.63) is 0 Å². The lowest BCUT2D eigenvalue weighted by Crippen LogP contribution is -2.48. The second kappa shape index (κ2) is 5.87. The number of piperidine rings is 1. The molecule has 2 heterocycles. The minimum absolute atomic E-state index is 0.511. The maximum atomic E-state index is 13.2. The summed E-state index contributed by atoms with van der Waals surface area (Å²) in [5, 5.41) is 0. The largest absolute Gasteiger partial charge is 0.300 e. The van der Waals surface area contributed by atoms with Crippen LogP contribution < -0.4 is 0 Å². The number of hydrogen-bond acceptors (Lipinski definition) is 2.